The van der Waals surface area contributed by atoms with Crippen LogP contribution in [0.5, 0.6) is 0 Å². The summed E-state index contributed by atoms with van der Waals surface area (Å²) in [6, 6.07) is 8.06. The third-order valence-electron chi connectivity index (χ3n) is 3.24. The zero-order chi connectivity index (χ0) is 14.4. The second-order valence-electron chi connectivity index (χ2n) is 4.61. The number of nitrogens with zero attached hydrogens (tertiary/aromatic N) is 2. The van der Waals surface area contributed by atoms with Gasteiger partial charge in [-0.15, -0.1) is 0 Å². The molecule has 0 saturated heterocycles. The van der Waals surface area contributed by atoms with Crippen LogP contribution in [-0.4, -0.2) is 35.7 Å². The maximum atomic E-state index is 11.3. The summed E-state index contributed by atoms with van der Waals surface area (Å²) in [5.74, 6) is 1.06. The van der Waals surface area contributed by atoms with Crippen LogP contribution in [0.2, 0.25) is 0 Å². The Morgan fingerprint density at radius 3 is 2.95 bits per heavy atom. The van der Waals surface area contributed by atoms with E-state index in [4.69, 9.17) is 4.74 Å². The summed E-state index contributed by atoms with van der Waals surface area (Å²) in [7, 11) is 1.69. The molecule has 2 aromatic rings. The fourth-order valence-electron chi connectivity index (χ4n) is 2.19. The van der Waals surface area contributed by atoms with Gasteiger partial charge in [0, 0.05) is 33.0 Å². The number of methoxy groups -OCH3 is 1. The Labute approximate surface area is 118 Å². The minimum atomic E-state index is 0.0737. The molecular weight excluding hydrogens is 254 g/mol. The van der Waals surface area contributed by atoms with Gasteiger partial charge in [-0.1, -0.05) is 19.1 Å². The topological polar surface area (TPSA) is 56.2 Å². The van der Waals surface area contributed by atoms with Gasteiger partial charge in [-0.3, -0.25) is 4.79 Å². The highest BCUT2D eigenvalue weighted by atomic mass is 16.5. The summed E-state index contributed by atoms with van der Waals surface area (Å²) in [6.45, 7) is 3.88. The standard InChI is InChI=1S/C15H21N3O2/c1-3-15(19)16-9-8-14-17-12-6-4-5-7-13(12)18(14)10-11-20-2/h4-7H,3,8-11H2,1-2H3,(H,16,19). The fraction of sp³-hybridized carbons (Fsp3) is 0.467. The Hall–Kier alpha value is -1.88. The number of carbonyl (C=O) groups is 1. The number of carbonyl (C=O) groups excluding carboxylic acids is 1. The Morgan fingerprint density at radius 2 is 2.20 bits per heavy atom. The van der Waals surface area contributed by atoms with Crippen molar-refractivity contribution in [3.8, 4) is 0 Å². The summed E-state index contributed by atoms with van der Waals surface area (Å²) < 4.78 is 7.32. The van der Waals surface area contributed by atoms with Crippen molar-refractivity contribution in [2.24, 2.45) is 0 Å². The second kappa shape index (κ2) is 7.05. The third kappa shape index (κ3) is 3.36. The van der Waals surface area contributed by atoms with Gasteiger partial charge in [0.1, 0.15) is 5.82 Å². The quantitative estimate of drug-likeness (QED) is 0.837. The number of imidazole rings is 1. The molecule has 108 valence electrons. The summed E-state index contributed by atoms with van der Waals surface area (Å²) in [6.07, 6.45) is 1.24. The number of aromatic nitrogens is 2. The van der Waals surface area contributed by atoms with Gasteiger partial charge in [0.05, 0.1) is 17.6 Å². The van der Waals surface area contributed by atoms with Crippen LogP contribution in [0.15, 0.2) is 24.3 Å². The molecule has 0 spiro atoms. The molecule has 0 radical (unpaired) electrons. The van der Waals surface area contributed by atoms with Crippen LogP contribution < -0.4 is 5.32 Å². The number of fused-ring (bicyclic) bond motifs is 1. The van der Waals surface area contributed by atoms with E-state index >= 15 is 0 Å². The van der Waals surface area contributed by atoms with Gasteiger partial charge in [-0.25, -0.2) is 4.98 Å². The lowest BCUT2D eigenvalue weighted by Crippen LogP contribution is -2.25. The molecule has 1 heterocycles. The zero-order valence-electron chi connectivity index (χ0n) is 12.1. The molecule has 1 aromatic heterocycles. The molecule has 0 saturated carbocycles. The summed E-state index contributed by atoms with van der Waals surface area (Å²) in [5, 5.41) is 2.88. The highest BCUT2D eigenvalue weighted by molar-refractivity contribution is 5.76. The van der Waals surface area contributed by atoms with Gasteiger partial charge in [0.15, 0.2) is 0 Å². The molecule has 0 aliphatic heterocycles. The van der Waals surface area contributed by atoms with Crippen molar-refractivity contribution in [1.82, 2.24) is 14.9 Å². The van der Waals surface area contributed by atoms with Crippen LogP contribution in [0.3, 0.4) is 0 Å². The summed E-state index contributed by atoms with van der Waals surface area (Å²) in [5.41, 5.74) is 2.10. The molecule has 0 fully saturated rings. The molecule has 1 N–H and O–H groups in total. The van der Waals surface area contributed by atoms with Crippen molar-refractivity contribution in [3.63, 3.8) is 0 Å². The van der Waals surface area contributed by atoms with Crippen molar-refractivity contribution < 1.29 is 9.53 Å². The first-order valence-electron chi connectivity index (χ1n) is 6.96. The number of hydrogen-bond acceptors (Lipinski definition) is 3. The second-order valence-corrected chi connectivity index (χ2v) is 4.61. The Kier molecular flexibility index (Phi) is 5.12. The number of nitrogens with one attached hydrogen (secondary N) is 1. The SMILES string of the molecule is CCC(=O)NCCc1nc2ccccc2n1CCOC. The fourth-order valence-corrected chi connectivity index (χ4v) is 2.19. The normalized spacial score (nSPS) is 10.9. The molecule has 0 aliphatic carbocycles. The molecule has 0 bridgehead atoms. The largest absolute Gasteiger partial charge is 0.383 e. The summed E-state index contributed by atoms with van der Waals surface area (Å²) in [4.78, 5) is 15.9. The van der Waals surface area contributed by atoms with E-state index in [0.717, 1.165) is 29.8 Å². The first kappa shape index (κ1) is 14.5. The number of ether oxygens (including phenoxy) is 1. The van der Waals surface area contributed by atoms with Gasteiger partial charge in [-0.05, 0) is 12.1 Å². The van der Waals surface area contributed by atoms with E-state index < -0.39 is 0 Å². The van der Waals surface area contributed by atoms with E-state index in [1.54, 1.807) is 7.11 Å². The molecule has 0 atom stereocenters. The highest BCUT2D eigenvalue weighted by Gasteiger charge is 2.10. The Balaban J connectivity index is 2.15. The molecular formula is C15H21N3O2. The minimum Gasteiger partial charge on any atom is -0.383 e. The third-order valence-corrected chi connectivity index (χ3v) is 3.24. The molecule has 1 aromatic carbocycles. The lowest BCUT2D eigenvalue weighted by Gasteiger charge is -2.09. The van der Waals surface area contributed by atoms with E-state index in [1.807, 2.05) is 25.1 Å². The number of rotatable bonds is 7. The Morgan fingerprint density at radius 1 is 1.40 bits per heavy atom. The smallest absolute Gasteiger partial charge is 0.219 e. The van der Waals surface area contributed by atoms with Gasteiger partial charge < -0.3 is 14.6 Å². The highest BCUT2D eigenvalue weighted by Crippen LogP contribution is 2.16. The van der Waals surface area contributed by atoms with E-state index in [9.17, 15) is 4.79 Å². The van der Waals surface area contributed by atoms with Crippen molar-refractivity contribution >= 4 is 16.9 Å². The van der Waals surface area contributed by atoms with Gasteiger partial charge >= 0.3 is 0 Å². The number of hydrogen-bond donors (Lipinski definition) is 1. The van der Waals surface area contributed by atoms with Gasteiger partial charge in [0.2, 0.25) is 5.91 Å². The predicted octanol–water partition coefficient (Wildman–Crippen LogP) is 1.75. The van der Waals surface area contributed by atoms with Crippen LogP contribution in [0, 0.1) is 0 Å². The molecule has 20 heavy (non-hydrogen) atoms. The molecule has 2 rings (SSSR count). The van der Waals surface area contributed by atoms with E-state index in [0.29, 0.717) is 19.6 Å². The average Bonchev–Trinajstić information content (AvgIpc) is 2.82. The van der Waals surface area contributed by atoms with Gasteiger partial charge in [0.25, 0.3) is 0 Å². The minimum absolute atomic E-state index is 0.0737. The van der Waals surface area contributed by atoms with Crippen molar-refractivity contribution in [3.05, 3.63) is 30.1 Å². The number of para-hydroxylation sites is 2. The van der Waals surface area contributed by atoms with E-state index in [1.165, 1.54) is 0 Å². The number of benzene rings is 1. The van der Waals surface area contributed by atoms with Crippen molar-refractivity contribution in [1.29, 1.82) is 0 Å². The maximum Gasteiger partial charge on any atom is 0.219 e. The van der Waals surface area contributed by atoms with Crippen molar-refractivity contribution in [2.75, 3.05) is 20.3 Å². The number of amides is 1. The van der Waals surface area contributed by atoms with Crippen LogP contribution in [0.25, 0.3) is 11.0 Å². The molecule has 5 nitrogen and oxygen atoms in total. The van der Waals surface area contributed by atoms with E-state index in [2.05, 4.69) is 20.9 Å². The monoisotopic (exact) mass is 275 g/mol. The lowest BCUT2D eigenvalue weighted by atomic mass is 10.3. The molecule has 1 amide bonds. The predicted molar refractivity (Wildman–Crippen MR) is 78.6 cm³/mol. The average molecular weight is 275 g/mol. The molecule has 5 heteroatoms. The first-order chi connectivity index (χ1) is 9.76. The summed E-state index contributed by atoms with van der Waals surface area (Å²) >= 11 is 0. The molecule has 0 unspecified atom stereocenters. The van der Waals surface area contributed by atoms with Crippen LogP contribution in [-0.2, 0) is 22.5 Å². The van der Waals surface area contributed by atoms with Crippen molar-refractivity contribution in [2.45, 2.75) is 26.3 Å². The van der Waals surface area contributed by atoms with Gasteiger partial charge in [-0.2, -0.15) is 0 Å². The van der Waals surface area contributed by atoms with Crippen LogP contribution >= 0.6 is 0 Å². The first-order valence-corrected chi connectivity index (χ1v) is 6.96. The lowest BCUT2D eigenvalue weighted by molar-refractivity contribution is -0.120. The molecule has 0 aliphatic rings. The zero-order valence-corrected chi connectivity index (χ0v) is 12.1. The Bertz CT molecular complexity index is 578. The maximum absolute atomic E-state index is 11.3. The van der Waals surface area contributed by atoms with E-state index in [-0.39, 0.29) is 5.91 Å². The van der Waals surface area contributed by atoms with Crippen LogP contribution in [0.4, 0.5) is 0 Å². The van der Waals surface area contributed by atoms with Crippen LogP contribution in [0.1, 0.15) is 19.2 Å².